The van der Waals surface area contributed by atoms with E-state index in [0.29, 0.717) is 12.1 Å². The number of carboxylic acids is 1. The second-order valence-electron chi connectivity index (χ2n) is 4.51. The number of nitrogens with one attached hydrogen (secondary N) is 1. The highest BCUT2D eigenvalue weighted by Gasteiger charge is 2.24. The standard InChI is InChI=1S/C12H15BrFNO2/c1-12(2,7-15-6-11(16)17)9-5-8(13)3-4-10(9)14/h3-5,15H,6-7H2,1-2H3,(H,16,17). The summed E-state index contributed by atoms with van der Waals surface area (Å²) >= 11 is 3.30. The molecule has 2 N–H and O–H groups in total. The molecule has 0 bridgehead atoms. The zero-order valence-electron chi connectivity index (χ0n) is 9.76. The number of hydrogen-bond donors (Lipinski definition) is 2. The first-order chi connectivity index (χ1) is 7.83. The van der Waals surface area contributed by atoms with Crippen molar-refractivity contribution in [3.05, 3.63) is 34.1 Å². The molecule has 3 nitrogen and oxygen atoms in total. The summed E-state index contributed by atoms with van der Waals surface area (Å²) in [6.45, 7) is 4.01. The minimum Gasteiger partial charge on any atom is -0.480 e. The van der Waals surface area contributed by atoms with Gasteiger partial charge in [-0.2, -0.15) is 0 Å². The largest absolute Gasteiger partial charge is 0.480 e. The SMILES string of the molecule is CC(C)(CNCC(=O)O)c1cc(Br)ccc1F. The van der Waals surface area contributed by atoms with Gasteiger partial charge in [-0.05, 0) is 23.8 Å². The zero-order valence-corrected chi connectivity index (χ0v) is 11.3. The molecule has 0 heterocycles. The molecule has 0 fully saturated rings. The molecule has 94 valence electrons. The van der Waals surface area contributed by atoms with Crippen LogP contribution in [0.1, 0.15) is 19.4 Å². The molecule has 0 aliphatic heterocycles. The van der Waals surface area contributed by atoms with Crippen molar-refractivity contribution in [2.75, 3.05) is 13.1 Å². The lowest BCUT2D eigenvalue weighted by atomic mass is 9.84. The highest BCUT2D eigenvalue weighted by Crippen LogP contribution is 2.27. The molecule has 0 aromatic heterocycles. The van der Waals surface area contributed by atoms with Crippen molar-refractivity contribution in [2.24, 2.45) is 0 Å². The highest BCUT2D eigenvalue weighted by atomic mass is 79.9. The first-order valence-electron chi connectivity index (χ1n) is 5.21. The lowest BCUT2D eigenvalue weighted by Gasteiger charge is -2.26. The van der Waals surface area contributed by atoms with Gasteiger partial charge in [0.25, 0.3) is 0 Å². The quantitative estimate of drug-likeness (QED) is 0.879. The van der Waals surface area contributed by atoms with Crippen LogP contribution in [-0.4, -0.2) is 24.2 Å². The normalized spacial score (nSPS) is 11.5. The summed E-state index contributed by atoms with van der Waals surface area (Å²) < 4.78 is 14.5. The number of hydrogen-bond acceptors (Lipinski definition) is 2. The maximum atomic E-state index is 13.7. The Labute approximate surface area is 108 Å². The van der Waals surface area contributed by atoms with Crippen LogP contribution >= 0.6 is 15.9 Å². The monoisotopic (exact) mass is 303 g/mol. The van der Waals surface area contributed by atoms with Crippen LogP contribution in [0.15, 0.2) is 22.7 Å². The minimum absolute atomic E-state index is 0.126. The molecule has 0 saturated carbocycles. The molecule has 0 radical (unpaired) electrons. The molecule has 0 aliphatic rings. The summed E-state index contributed by atoms with van der Waals surface area (Å²) in [6, 6.07) is 4.76. The second kappa shape index (κ2) is 5.60. The Morgan fingerprint density at radius 1 is 1.53 bits per heavy atom. The fraction of sp³-hybridized carbons (Fsp3) is 0.417. The van der Waals surface area contributed by atoms with E-state index in [9.17, 15) is 9.18 Å². The van der Waals surface area contributed by atoms with Crippen molar-refractivity contribution >= 4 is 21.9 Å². The second-order valence-corrected chi connectivity index (χ2v) is 5.42. The maximum absolute atomic E-state index is 13.7. The Balaban J connectivity index is 2.81. The molecule has 0 atom stereocenters. The van der Waals surface area contributed by atoms with Crippen LogP contribution in [0.25, 0.3) is 0 Å². The van der Waals surface area contributed by atoms with Crippen molar-refractivity contribution in [1.82, 2.24) is 5.32 Å². The zero-order chi connectivity index (χ0) is 13.1. The van der Waals surface area contributed by atoms with Crippen molar-refractivity contribution in [1.29, 1.82) is 0 Å². The van der Waals surface area contributed by atoms with Gasteiger partial charge >= 0.3 is 5.97 Å². The van der Waals surface area contributed by atoms with Crippen LogP contribution in [0.4, 0.5) is 4.39 Å². The Hall–Kier alpha value is -0.940. The van der Waals surface area contributed by atoms with E-state index in [1.54, 1.807) is 12.1 Å². The summed E-state index contributed by atoms with van der Waals surface area (Å²) in [4.78, 5) is 10.4. The Bertz CT molecular complexity index is 421. The summed E-state index contributed by atoms with van der Waals surface area (Å²) in [5.74, 6) is -1.20. The van der Waals surface area contributed by atoms with Crippen molar-refractivity contribution in [3.8, 4) is 0 Å². The fourth-order valence-electron chi connectivity index (χ4n) is 1.59. The number of rotatable bonds is 5. The fourth-order valence-corrected chi connectivity index (χ4v) is 1.95. The van der Waals surface area contributed by atoms with E-state index in [0.717, 1.165) is 4.47 Å². The molecule has 0 amide bonds. The van der Waals surface area contributed by atoms with Gasteiger partial charge < -0.3 is 10.4 Å². The molecule has 17 heavy (non-hydrogen) atoms. The molecule has 5 heteroatoms. The summed E-state index contributed by atoms with van der Waals surface area (Å²) in [6.07, 6.45) is 0. The van der Waals surface area contributed by atoms with Crippen LogP contribution in [-0.2, 0) is 10.2 Å². The average molecular weight is 304 g/mol. The molecule has 1 rings (SSSR count). The Morgan fingerprint density at radius 3 is 2.76 bits per heavy atom. The number of carbonyl (C=O) groups is 1. The van der Waals surface area contributed by atoms with E-state index in [1.807, 2.05) is 13.8 Å². The third kappa shape index (κ3) is 4.09. The van der Waals surface area contributed by atoms with Crippen LogP contribution in [0, 0.1) is 5.82 Å². The van der Waals surface area contributed by atoms with Crippen molar-refractivity contribution in [2.45, 2.75) is 19.3 Å². The van der Waals surface area contributed by atoms with E-state index in [-0.39, 0.29) is 12.4 Å². The summed E-state index contributed by atoms with van der Waals surface area (Å²) in [7, 11) is 0. The first kappa shape index (κ1) is 14.1. The maximum Gasteiger partial charge on any atom is 0.317 e. The summed E-state index contributed by atoms with van der Waals surface area (Å²) in [5.41, 5.74) is 0.0910. The lowest BCUT2D eigenvalue weighted by molar-refractivity contribution is -0.136. The van der Waals surface area contributed by atoms with E-state index in [2.05, 4.69) is 21.2 Å². The molecule has 1 aromatic rings. The van der Waals surface area contributed by atoms with Gasteiger partial charge in [-0.1, -0.05) is 29.8 Å². The van der Waals surface area contributed by atoms with Gasteiger partial charge in [0.05, 0.1) is 6.54 Å². The van der Waals surface area contributed by atoms with Crippen molar-refractivity contribution in [3.63, 3.8) is 0 Å². The van der Waals surface area contributed by atoms with Gasteiger partial charge in [-0.25, -0.2) is 4.39 Å². The van der Waals surface area contributed by atoms with Gasteiger partial charge in [0.1, 0.15) is 5.82 Å². The van der Waals surface area contributed by atoms with E-state index in [1.165, 1.54) is 6.07 Å². The number of benzene rings is 1. The molecular formula is C12H15BrFNO2. The van der Waals surface area contributed by atoms with Gasteiger partial charge in [0.2, 0.25) is 0 Å². The predicted octanol–water partition coefficient (Wildman–Crippen LogP) is 2.54. The first-order valence-corrected chi connectivity index (χ1v) is 6.00. The van der Waals surface area contributed by atoms with Crippen molar-refractivity contribution < 1.29 is 14.3 Å². The topological polar surface area (TPSA) is 49.3 Å². The molecular weight excluding hydrogens is 289 g/mol. The van der Waals surface area contributed by atoms with Crippen LogP contribution < -0.4 is 5.32 Å². The molecule has 0 unspecified atom stereocenters. The van der Waals surface area contributed by atoms with E-state index < -0.39 is 11.4 Å². The molecule has 0 spiro atoms. The molecule has 0 saturated heterocycles. The molecule has 1 aromatic carbocycles. The van der Waals surface area contributed by atoms with Crippen LogP contribution in [0.5, 0.6) is 0 Å². The Morgan fingerprint density at radius 2 is 2.18 bits per heavy atom. The van der Waals surface area contributed by atoms with Crippen LogP contribution in [0.2, 0.25) is 0 Å². The number of halogens is 2. The minimum atomic E-state index is -0.921. The lowest BCUT2D eigenvalue weighted by Crippen LogP contribution is -2.36. The van der Waals surface area contributed by atoms with Gasteiger partial charge in [-0.15, -0.1) is 0 Å². The number of aliphatic carboxylic acids is 1. The third-order valence-corrected chi connectivity index (χ3v) is 2.99. The van der Waals surface area contributed by atoms with E-state index >= 15 is 0 Å². The average Bonchev–Trinajstić information content (AvgIpc) is 2.20. The predicted molar refractivity (Wildman–Crippen MR) is 67.6 cm³/mol. The van der Waals surface area contributed by atoms with Gasteiger partial charge in [0.15, 0.2) is 0 Å². The van der Waals surface area contributed by atoms with Gasteiger partial charge in [-0.3, -0.25) is 4.79 Å². The molecule has 0 aliphatic carbocycles. The van der Waals surface area contributed by atoms with Crippen LogP contribution in [0.3, 0.4) is 0 Å². The number of carboxylic acid groups (broad SMARTS) is 1. The third-order valence-electron chi connectivity index (χ3n) is 2.50. The smallest absolute Gasteiger partial charge is 0.317 e. The summed E-state index contributed by atoms with van der Waals surface area (Å²) in [5, 5.41) is 11.3. The Kier molecular flexibility index (Phi) is 4.65. The highest BCUT2D eigenvalue weighted by molar-refractivity contribution is 9.10. The van der Waals surface area contributed by atoms with E-state index in [4.69, 9.17) is 5.11 Å². The van der Waals surface area contributed by atoms with Gasteiger partial charge in [0, 0.05) is 16.4 Å².